The lowest BCUT2D eigenvalue weighted by molar-refractivity contribution is -0.123. The van der Waals surface area contributed by atoms with Gasteiger partial charge in [0.2, 0.25) is 6.79 Å². The molecule has 2 aliphatic rings. The van der Waals surface area contributed by atoms with Crippen LogP contribution in [0.3, 0.4) is 0 Å². The molecule has 2 aliphatic heterocycles. The van der Waals surface area contributed by atoms with Gasteiger partial charge in [0.25, 0.3) is 5.91 Å². The monoisotopic (exact) mass is 405 g/mol. The third-order valence-electron chi connectivity index (χ3n) is 4.13. The maximum absolute atomic E-state index is 12.4. The van der Waals surface area contributed by atoms with Crippen LogP contribution in [0.25, 0.3) is 0 Å². The van der Waals surface area contributed by atoms with Crippen LogP contribution in [0.15, 0.2) is 30.3 Å². The summed E-state index contributed by atoms with van der Waals surface area (Å²) in [6.45, 7) is 2.35. The van der Waals surface area contributed by atoms with Gasteiger partial charge in [-0.1, -0.05) is 11.6 Å². The Morgan fingerprint density at radius 1 is 1.04 bits per heavy atom. The van der Waals surface area contributed by atoms with Crippen LogP contribution in [0.5, 0.6) is 23.0 Å². The van der Waals surface area contributed by atoms with Crippen molar-refractivity contribution < 1.29 is 33.3 Å². The number of rotatable bonds is 4. The van der Waals surface area contributed by atoms with Crippen LogP contribution in [-0.2, 0) is 9.53 Å². The van der Waals surface area contributed by atoms with Gasteiger partial charge in [0.1, 0.15) is 13.2 Å². The molecule has 2 aromatic carbocycles. The molecule has 0 aromatic heterocycles. The third-order valence-corrected chi connectivity index (χ3v) is 4.41. The number of anilines is 1. The van der Waals surface area contributed by atoms with Gasteiger partial charge < -0.3 is 29.0 Å². The Hall–Kier alpha value is -3.13. The second kappa shape index (κ2) is 7.47. The van der Waals surface area contributed by atoms with Crippen LogP contribution in [0, 0.1) is 0 Å². The highest BCUT2D eigenvalue weighted by atomic mass is 35.5. The van der Waals surface area contributed by atoms with E-state index in [4.69, 9.17) is 35.3 Å². The van der Waals surface area contributed by atoms with E-state index in [1.165, 1.54) is 19.1 Å². The molecule has 2 heterocycles. The van der Waals surface area contributed by atoms with Crippen molar-refractivity contribution in [1.29, 1.82) is 0 Å². The van der Waals surface area contributed by atoms with E-state index in [1.54, 1.807) is 18.2 Å². The summed E-state index contributed by atoms with van der Waals surface area (Å²) in [5, 5.41) is 2.90. The Labute approximate surface area is 165 Å². The number of benzene rings is 2. The molecule has 0 fully saturated rings. The summed E-state index contributed by atoms with van der Waals surface area (Å²) >= 11 is 6.13. The molecule has 0 aliphatic carbocycles. The average molecular weight is 406 g/mol. The SMILES string of the molecule is C[C@@H](OC(=O)c1cc(Cl)c2c(c1)OCCO2)C(=O)Nc1ccc2c(c1)OCO2. The van der Waals surface area contributed by atoms with Crippen LogP contribution >= 0.6 is 11.6 Å². The molecule has 0 bridgehead atoms. The van der Waals surface area contributed by atoms with Crippen LogP contribution in [0.1, 0.15) is 17.3 Å². The molecular weight excluding hydrogens is 390 g/mol. The number of hydrogen-bond acceptors (Lipinski definition) is 7. The fourth-order valence-corrected chi connectivity index (χ4v) is 2.99. The molecule has 1 amide bonds. The fourth-order valence-electron chi connectivity index (χ4n) is 2.73. The predicted octanol–water partition coefficient (Wildman–Crippen LogP) is 3.02. The number of hydrogen-bond donors (Lipinski definition) is 1. The molecule has 1 atom stereocenters. The quantitative estimate of drug-likeness (QED) is 0.781. The molecule has 28 heavy (non-hydrogen) atoms. The van der Waals surface area contributed by atoms with Crippen LogP contribution in [0.4, 0.5) is 5.69 Å². The summed E-state index contributed by atoms with van der Waals surface area (Å²) in [7, 11) is 0. The normalized spacial score (nSPS) is 14.9. The van der Waals surface area contributed by atoms with E-state index in [0.717, 1.165) is 0 Å². The molecule has 1 N–H and O–H groups in total. The molecule has 146 valence electrons. The minimum absolute atomic E-state index is 0.138. The smallest absolute Gasteiger partial charge is 0.339 e. The van der Waals surface area contributed by atoms with Crippen molar-refractivity contribution in [1.82, 2.24) is 0 Å². The zero-order chi connectivity index (χ0) is 19.7. The topological polar surface area (TPSA) is 92.3 Å². The Morgan fingerprint density at radius 2 is 1.82 bits per heavy atom. The summed E-state index contributed by atoms with van der Waals surface area (Å²) in [6.07, 6.45) is -1.04. The Morgan fingerprint density at radius 3 is 2.68 bits per heavy atom. The average Bonchev–Trinajstić information content (AvgIpc) is 3.15. The highest BCUT2D eigenvalue weighted by Crippen LogP contribution is 2.38. The lowest BCUT2D eigenvalue weighted by Crippen LogP contribution is -2.30. The highest BCUT2D eigenvalue weighted by Gasteiger charge is 2.24. The molecule has 2 aromatic rings. The first-order valence-corrected chi connectivity index (χ1v) is 8.89. The number of halogens is 1. The van der Waals surface area contributed by atoms with Gasteiger partial charge >= 0.3 is 5.97 Å². The molecule has 0 radical (unpaired) electrons. The van der Waals surface area contributed by atoms with Gasteiger partial charge in [-0.2, -0.15) is 0 Å². The maximum atomic E-state index is 12.4. The van der Waals surface area contributed by atoms with Crippen molar-refractivity contribution >= 4 is 29.2 Å². The van der Waals surface area contributed by atoms with E-state index in [2.05, 4.69) is 5.32 Å². The van der Waals surface area contributed by atoms with Crippen molar-refractivity contribution in [2.45, 2.75) is 13.0 Å². The first-order chi connectivity index (χ1) is 13.5. The van der Waals surface area contributed by atoms with Gasteiger partial charge in [-0.15, -0.1) is 0 Å². The molecular formula is C19H16ClNO7. The largest absolute Gasteiger partial charge is 0.486 e. The summed E-state index contributed by atoms with van der Waals surface area (Å²) in [5.74, 6) is 0.700. The second-order valence-corrected chi connectivity index (χ2v) is 6.49. The summed E-state index contributed by atoms with van der Waals surface area (Å²) in [6, 6.07) is 7.88. The molecule has 0 saturated carbocycles. The lowest BCUT2D eigenvalue weighted by atomic mass is 10.2. The van der Waals surface area contributed by atoms with Gasteiger partial charge in [-0.25, -0.2) is 4.79 Å². The van der Waals surface area contributed by atoms with E-state index in [-0.39, 0.29) is 17.4 Å². The van der Waals surface area contributed by atoms with Crippen molar-refractivity contribution in [3.8, 4) is 23.0 Å². The Kier molecular flexibility index (Phi) is 4.87. The van der Waals surface area contributed by atoms with Gasteiger partial charge in [0, 0.05) is 11.8 Å². The van der Waals surface area contributed by atoms with E-state index in [1.807, 2.05) is 0 Å². The number of ether oxygens (including phenoxy) is 5. The van der Waals surface area contributed by atoms with Crippen LogP contribution < -0.4 is 24.3 Å². The summed E-state index contributed by atoms with van der Waals surface area (Å²) in [5.41, 5.74) is 0.663. The van der Waals surface area contributed by atoms with Crippen molar-refractivity contribution in [2.24, 2.45) is 0 Å². The third kappa shape index (κ3) is 3.63. The number of carbonyl (C=O) groups excluding carboxylic acids is 2. The first-order valence-electron chi connectivity index (χ1n) is 8.52. The minimum atomic E-state index is -1.04. The fraction of sp³-hybridized carbons (Fsp3) is 0.263. The first kappa shape index (κ1) is 18.2. The van der Waals surface area contributed by atoms with E-state index in [9.17, 15) is 9.59 Å². The van der Waals surface area contributed by atoms with E-state index >= 15 is 0 Å². The summed E-state index contributed by atoms with van der Waals surface area (Å²) < 4.78 is 26.6. The number of amides is 1. The molecule has 0 spiro atoms. The van der Waals surface area contributed by atoms with Crippen molar-refractivity contribution in [3.05, 3.63) is 40.9 Å². The lowest BCUT2D eigenvalue weighted by Gasteiger charge is -2.20. The van der Waals surface area contributed by atoms with Gasteiger partial charge in [0.15, 0.2) is 29.1 Å². The second-order valence-electron chi connectivity index (χ2n) is 6.09. The minimum Gasteiger partial charge on any atom is -0.486 e. The maximum Gasteiger partial charge on any atom is 0.339 e. The zero-order valence-corrected chi connectivity index (χ0v) is 15.6. The van der Waals surface area contributed by atoms with E-state index < -0.39 is 18.0 Å². The molecule has 8 nitrogen and oxygen atoms in total. The van der Waals surface area contributed by atoms with Crippen molar-refractivity contribution in [3.63, 3.8) is 0 Å². The number of esters is 1. The Balaban J connectivity index is 1.41. The van der Waals surface area contributed by atoms with Crippen LogP contribution in [0.2, 0.25) is 5.02 Å². The van der Waals surface area contributed by atoms with Gasteiger partial charge in [-0.3, -0.25) is 4.79 Å². The Bertz CT molecular complexity index is 946. The molecule has 0 unspecified atom stereocenters. The summed E-state index contributed by atoms with van der Waals surface area (Å²) in [4.78, 5) is 24.8. The molecule has 9 heteroatoms. The molecule has 4 rings (SSSR count). The van der Waals surface area contributed by atoms with Crippen molar-refractivity contribution in [2.75, 3.05) is 25.3 Å². The number of fused-ring (bicyclic) bond motifs is 2. The van der Waals surface area contributed by atoms with E-state index in [0.29, 0.717) is 41.9 Å². The number of carbonyl (C=O) groups is 2. The standard InChI is InChI=1S/C19H16ClNO7/c1-10(18(22)21-12-2-3-14-15(8-12)27-9-26-14)28-19(23)11-6-13(20)17-16(7-11)24-4-5-25-17/h2-3,6-8,10H,4-5,9H2,1H3,(H,21,22)/t10-/m1/s1. The van der Waals surface area contributed by atoms with Gasteiger partial charge in [0.05, 0.1) is 10.6 Å². The predicted molar refractivity (Wildman–Crippen MR) is 98.5 cm³/mol. The van der Waals surface area contributed by atoms with Gasteiger partial charge in [-0.05, 0) is 31.2 Å². The number of nitrogens with one attached hydrogen (secondary N) is 1. The van der Waals surface area contributed by atoms with Crippen LogP contribution in [-0.4, -0.2) is 38.0 Å². The molecule has 0 saturated heterocycles. The highest BCUT2D eigenvalue weighted by molar-refractivity contribution is 6.32. The zero-order valence-electron chi connectivity index (χ0n) is 14.8.